The Hall–Kier alpha value is 0.137. The van der Waals surface area contributed by atoms with Gasteiger partial charge in [0, 0.05) is 6.61 Å². The van der Waals surface area contributed by atoms with E-state index in [2.05, 4.69) is 40.8 Å². The summed E-state index contributed by atoms with van der Waals surface area (Å²) in [6, 6.07) is 1.28. The van der Waals surface area contributed by atoms with Gasteiger partial charge in [-0.3, -0.25) is 0 Å². The molecule has 91 valence electrons. The van der Waals surface area contributed by atoms with Gasteiger partial charge >= 0.3 is 0 Å². The van der Waals surface area contributed by atoms with Crippen molar-refractivity contribution in [2.24, 2.45) is 0 Å². The third kappa shape index (κ3) is 6.33. The molecule has 0 aromatic carbocycles. The molecule has 0 aromatic heterocycles. The second-order valence-corrected chi connectivity index (χ2v) is 11.7. The van der Waals surface area contributed by atoms with Crippen molar-refractivity contribution in [3.05, 3.63) is 6.92 Å². The van der Waals surface area contributed by atoms with Crippen LogP contribution in [0.15, 0.2) is 0 Å². The highest BCUT2D eigenvalue weighted by Gasteiger charge is 2.33. The summed E-state index contributed by atoms with van der Waals surface area (Å²) in [5.41, 5.74) is 0. The number of aliphatic hydroxyl groups is 1. The lowest BCUT2D eigenvalue weighted by molar-refractivity contribution is 0.0586. The van der Waals surface area contributed by atoms with Gasteiger partial charge in [-0.1, -0.05) is 39.9 Å². The summed E-state index contributed by atoms with van der Waals surface area (Å²) in [4.78, 5) is 0. The zero-order valence-corrected chi connectivity index (χ0v) is 12.0. The smallest absolute Gasteiger partial charge is 0.0774 e. The molecule has 0 heterocycles. The summed E-state index contributed by atoms with van der Waals surface area (Å²) >= 11 is 0. The van der Waals surface area contributed by atoms with E-state index >= 15 is 0 Å². The predicted octanol–water partition coefficient (Wildman–Crippen LogP) is 3.10. The minimum absolute atomic E-state index is 0.359. The SMILES string of the molecule is [CH2]C(O)COCCC[Si](C)(C)C(C)(C)C. The van der Waals surface area contributed by atoms with E-state index in [4.69, 9.17) is 9.84 Å². The first kappa shape index (κ1) is 15.1. The fourth-order valence-corrected chi connectivity index (χ4v) is 2.99. The van der Waals surface area contributed by atoms with E-state index in [0.717, 1.165) is 13.0 Å². The summed E-state index contributed by atoms with van der Waals surface area (Å²) in [5.74, 6) is 0. The van der Waals surface area contributed by atoms with Gasteiger partial charge in [-0.2, -0.15) is 0 Å². The first-order valence-electron chi connectivity index (χ1n) is 5.76. The number of rotatable bonds is 6. The molecule has 0 saturated carbocycles. The van der Waals surface area contributed by atoms with E-state index in [1.165, 1.54) is 6.04 Å². The molecule has 1 radical (unpaired) electrons. The highest BCUT2D eigenvalue weighted by Crippen LogP contribution is 2.39. The van der Waals surface area contributed by atoms with Gasteiger partial charge in [0.15, 0.2) is 0 Å². The molecule has 2 nitrogen and oxygen atoms in total. The Morgan fingerprint density at radius 1 is 1.33 bits per heavy atom. The van der Waals surface area contributed by atoms with Gasteiger partial charge in [0.25, 0.3) is 0 Å². The predicted molar refractivity (Wildman–Crippen MR) is 68.8 cm³/mol. The molecular weight excluding hydrogens is 204 g/mol. The van der Waals surface area contributed by atoms with Crippen molar-refractivity contribution in [2.75, 3.05) is 13.2 Å². The van der Waals surface area contributed by atoms with Crippen LogP contribution in [0.2, 0.25) is 24.2 Å². The van der Waals surface area contributed by atoms with E-state index in [-0.39, 0.29) is 0 Å². The zero-order valence-electron chi connectivity index (χ0n) is 11.0. The average molecular weight is 231 g/mol. The Bertz CT molecular complexity index is 171. The Morgan fingerprint density at radius 2 is 1.87 bits per heavy atom. The lowest BCUT2D eigenvalue weighted by Gasteiger charge is -2.37. The summed E-state index contributed by atoms with van der Waals surface area (Å²) in [7, 11) is -1.14. The van der Waals surface area contributed by atoms with Crippen LogP contribution in [0.25, 0.3) is 0 Å². The summed E-state index contributed by atoms with van der Waals surface area (Å²) in [6.45, 7) is 16.4. The molecule has 0 aliphatic heterocycles. The number of ether oxygens (including phenoxy) is 1. The van der Waals surface area contributed by atoms with Crippen LogP contribution in [0.5, 0.6) is 0 Å². The molecule has 0 aliphatic rings. The molecule has 3 heteroatoms. The molecule has 0 aliphatic carbocycles. The van der Waals surface area contributed by atoms with Crippen molar-refractivity contribution in [1.82, 2.24) is 0 Å². The molecule has 0 fully saturated rings. The molecule has 0 saturated heterocycles. The standard InChI is InChI=1S/C12H27O2Si/c1-11(13)10-14-8-7-9-15(5,6)12(2,3)4/h11,13H,1,7-10H2,2-6H3. The third-order valence-corrected chi connectivity index (χ3v) is 9.10. The van der Waals surface area contributed by atoms with Crippen molar-refractivity contribution >= 4 is 8.07 Å². The van der Waals surface area contributed by atoms with Crippen LogP contribution in [0.3, 0.4) is 0 Å². The number of aliphatic hydroxyl groups excluding tert-OH is 1. The fourth-order valence-electron chi connectivity index (χ4n) is 1.21. The highest BCUT2D eigenvalue weighted by molar-refractivity contribution is 6.80. The van der Waals surface area contributed by atoms with Gasteiger partial charge < -0.3 is 9.84 Å². The maximum Gasteiger partial charge on any atom is 0.0774 e. The summed E-state index contributed by atoms with van der Waals surface area (Å²) in [5, 5.41) is 9.37. The molecule has 0 spiro atoms. The lowest BCUT2D eigenvalue weighted by Crippen LogP contribution is -2.37. The fraction of sp³-hybridized carbons (Fsp3) is 0.917. The van der Waals surface area contributed by atoms with E-state index in [9.17, 15) is 0 Å². The Kier molecular flexibility index (Phi) is 6.07. The van der Waals surface area contributed by atoms with E-state index in [1.807, 2.05) is 0 Å². The van der Waals surface area contributed by atoms with Crippen molar-refractivity contribution in [2.45, 2.75) is 57.5 Å². The monoisotopic (exact) mass is 231 g/mol. The normalized spacial score (nSPS) is 15.4. The van der Waals surface area contributed by atoms with Crippen LogP contribution >= 0.6 is 0 Å². The number of hydrogen-bond donors (Lipinski definition) is 1. The minimum Gasteiger partial charge on any atom is -0.391 e. The van der Waals surface area contributed by atoms with Gasteiger partial charge in [-0.05, 0) is 18.4 Å². The van der Waals surface area contributed by atoms with Gasteiger partial charge in [0.2, 0.25) is 0 Å². The quantitative estimate of drug-likeness (QED) is 0.562. The molecule has 0 rings (SSSR count). The molecule has 0 aromatic rings. The third-order valence-electron chi connectivity index (χ3n) is 3.43. The zero-order chi connectivity index (χ0) is 12.1. The average Bonchev–Trinajstić information content (AvgIpc) is 2.00. The lowest BCUT2D eigenvalue weighted by atomic mass is 10.2. The van der Waals surface area contributed by atoms with Gasteiger partial charge in [-0.25, -0.2) is 0 Å². The van der Waals surface area contributed by atoms with Crippen molar-refractivity contribution in [1.29, 1.82) is 0 Å². The van der Waals surface area contributed by atoms with Crippen LogP contribution in [0.4, 0.5) is 0 Å². The maximum absolute atomic E-state index is 8.91. The first-order chi connectivity index (χ1) is 6.67. The molecule has 15 heavy (non-hydrogen) atoms. The first-order valence-corrected chi connectivity index (χ1v) is 8.96. The van der Waals surface area contributed by atoms with Crippen molar-refractivity contribution < 1.29 is 9.84 Å². The van der Waals surface area contributed by atoms with Crippen LogP contribution in [-0.4, -0.2) is 32.5 Å². The molecule has 1 N–H and O–H groups in total. The Balaban J connectivity index is 3.68. The van der Waals surface area contributed by atoms with E-state index < -0.39 is 14.2 Å². The van der Waals surface area contributed by atoms with Crippen LogP contribution in [0.1, 0.15) is 27.2 Å². The molecule has 1 unspecified atom stereocenters. The second kappa shape index (κ2) is 6.02. The Labute approximate surface area is 96.0 Å². The van der Waals surface area contributed by atoms with Crippen LogP contribution in [0, 0.1) is 6.92 Å². The molecule has 0 amide bonds. The summed E-state index contributed by atoms with van der Waals surface area (Å²) < 4.78 is 5.31. The van der Waals surface area contributed by atoms with Crippen LogP contribution in [-0.2, 0) is 4.74 Å². The van der Waals surface area contributed by atoms with Crippen LogP contribution < -0.4 is 0 Å². The Morgan fingerprint density at radius 3 is 2.27 bits per heavy atom. The maximum atomic E-state index is 8.91. The van der Waals surface area contributed by atoms with Gasteiger partial charge in [0.05, 0.1) is 20.8 Å². The van der Waals surface area contributed by atoms with Gasteiger partial charge in [0.1, 0.15) is 0 Å². The second-order valence-electron chi connectivity index (χ2n) is 5.97. The molecule has 0 bridgehead atoms. The topological polar surface area (TPSA) is 29.5 Å². The summed E-state index contributed by atoms with van der Waals surface area (Å²) in [6.07, 6.45) is 0.515. The number of hydrogen-bond acceptors (Lipinski definition) is 2. The minimum atomic E-state index is -1.14. The highest BCUT2D eigenvalue weighted by atomic mass is 28.3. The van der Waals surface area contributed by atoms with E-state index in [0.29, 0.717) is 11.6 Å². The van der Waals surface area contributed by atoms with E-state index in [1.54, 1.807) is 0 Å². The van der Waals surface area contributed by atoms with Crippen molar-refractivity contribution in [3.63, 3.8) is 0 Å². The molecular formula is C12H27O2Si. The largest absolute Gasteiger partial charge is 0.391 e. The van der Waals surface area contributed by atoms with Gasteiger partial charge in [-0.15, -0.1) is 0 Å². The van der Waals surface area contributed by atoms with Crippen molar-refractivity contribution in [3.8, 4) is 0 Å². The molecule has 1 atom stereocenters.